The number of carboxylic acids is 1. The fraction of sp³-hybridized carbons (Fsp3) is 0.632. The van der Waals surface area contributed by atoms with Gasteiger partial charge in [0, 0.05) is 0 Å². The van der Waals surface area contributed by atoms with E-state index in [1.165, 1.54) is 49.7 Å². The number of carbonyl (C=O) groups is 1. The molecule has 0 spiro atoms. The summed E-state index contributed by atoms with van der Waals surface area (Å²) in [6, 6.07) is 5.91. The summed E-state index contributed by atoms with van der Waals surface area (Å²) in [5.74, 6) is -0.805. The zero-order chi connectivity index (χ0) is 15.5. The van der Waals surface area contributed by atoms with Crippen LogP contribution in [0.1, 0.15) is 86.7 Å². The second-order valence-electron chi connectivity index (χ2n) is 5.96. The quantitative estimate of drug-likeness (QED) is 0.536. The normalized spacial score (nSPS) is 10.8. The Morgan fingerprint density at radius 2 is 1.29 bits per heavy atom. The van der Waals surface area contributed by atoms with Crippen LogP contribution in [0, 0.1) is 0 Å². The zero-order valence-corrected chi connectivity index (χ0v) is 13.7. The molecule has 1 aromatic carbocycles. The van der Waals surface area contributed by atoms with Crippen molar-refractivity contribution in [3.05, 3.63) is 34.9 Å². The fourth-order valence-electron chi connectivity index (χ4n) is 2.69. The van der Waals surface area contributed by atoms with E-state index >= 15 is 0 Å². The van der Waals surface area contributed by atoms with Crippen LogP contribution < -0.4 is 0 Å². The molecule has 0 aliphatic heterocycles. The van der Waals surface area contributed by atoms with Gasteiger partial charge < -0.3 is 5.11 Å². The lowest BCUT2D eigenvalue weighted by Gasteiger charge is -2.08. The highest BCUT2D eigenvalue weighted by atomic mass is 16.4. The van der Waals surface area contributed by atoms with Gasteiger partial charge in [-0.15, -0.1) is 0 Å². The number of rotatable bonds is 11. The van der Waals surface area contributed by atoms with E-state index in [-0.39, 0.29) is 0 Å². The average molecular weight is 290 g/mol. The van der Waals surface area contributed by atoms with Crippen molar-refractivity contribution >= 4 is 5.97 Å². The molecule has 0 atom stereocenters. The fourth-order valence-corrected chi connectivity index (χ4v) is 2.69. The lowest BCUT2D eigenvalue weighted by Crippen LogP contribution is -2.01. The van der Waals surface area contributed by atoms with Gasteiger partial charge in [0.1, 0.15) is 0 Å². The van der Waals surface area contributed by atoms with Gasteiger partial charge >= 0.3 is 5.97 Å². The summed E-state index contributed by atoms with van der Waals surface area (Å²) >= 11 is 0. The Hall–Kier alpha value is -1.31. The Labute approximate surface area is 129 Å². The van der Waals surface area contributed by atoms with E-state index < -0.39 is 5.97 Å². The Morgan fingerprint density at radius 1 is 0.810 bits per heavy atom. The second kappa shape index (κ2) is 10.4. The Bertz CT molecular complexity index is 393. The predicted molar refractivity (Wildman–Crippen MR) is 89.1 cm³/mol. The number of aromatic carboxylic acids is 1. The molecule has 0 unspecified atom stereocenters. The SMILES string of the molecule is CCCCCCc1cc(CCCCCC)cc(C(=O)O)c1. The maximum atomic E-state index is 11.3. The van der Waals surface area contributed by atoms with Crippen LogP contribution in [0.3, 0.4) is 0 Å². The van der Waals surface area contributed by atoms with Gasteiger partial charge in [-0.25, -0.2) is 4.79 Å². The molecular weight excluding hydrogens is 260 g/mol. The van der Waals surface area contributed by atoms with E-state index in [4.69, 9.17) is 0 Å². The molecule has 0 aromatic heterocycles. The van der Waals surface area contributed by atoms with Crippen LogP contribution in [-0.2, 0) is 12.8 Å². The molecule has 118 valence electrons. The van der Waals surface area contributed by atoms with Crippen molar-refractivity contribution in [2.45, 2.75) is 78.1 Å². The van der Waals surface area contributed by atoms with Crippen LogP contribution in [0.25, 0.3) is 0 Å². The minimum absolute atomic E-state index is 0.452. The molecule has 0 amide bonds. The smallest absolute Gasteiger partial charge is 0.335 e. The third-order valence-corrected chi connectivity index (χ3v) is 3.94. The lowest BCUT2D eigenvalue weighted by atomic mass is 9.97. The van der Waals surface area contributed by atoms with Gasteiger partial charge in [0.25, 0.3) is 0 Å². The van der Waals surface area contributed by atoms with E-state index in [0.29, 0.717) is 5.56 Å². The summed E-state index contributed by atoms with van der Waals surface area (Å²) < 4.78 is 0. The number of carboxylic acid groups (broad SMARTS) is 1. The summed E-state index contributed by atoms with van der Waals surface area (Å²) in [6.45, 7) is 4.42. The number of aryl methyl sites for hydroxylation is 2. The second-order valence-corrected chi connectivity index (χ2v) is 5.96. The van der Waals surface area contributed by atoms with Gasteiger partial charge in [0.05, 0.1) is 5.56 Å². The highest BCUT2D eigenvalue weighted by Gasteiger charge is 2.07. The van der Waals surface area contributed by atoms with E-state index in [1.807, 2.05) is 12.1 Å². The first kappa shape index (κ1) is 17.7. The first-order valence-corrected chi connectivity index (χ1v) is 8.53. The van der Waals surface area contributed by atoms with Crippen LogP contribution in [-0.4, -0.2) is 11.1 Å². The summed E-state index contributed by atoms with van der Waals surface area (Å²) in [4.78, 5) is 11.3. The number of unbranched alkanes of at least 4 members (excludes halogenated alkanes) is 6. The molecule has 0 fully saturated rings. The van der Waals surface area contributed by atoms with E-state index in [2.05, 4.69) is 19.9 Å². The van der Waals surface area contributed by atoms with Crippen LogP contribution in [0.2, 0.25) is 0 Å². The van der Waals surface area contributed by atoms with Crippen molar-refractivity contribution in [1.82, 2.24) is 0 Å². The molecule has 1 rings (SSSR count). The van der Waals surface area contributed by atoms with E-state index in [9.17, 15) is 9.90 Å². The van der Waals surface area contributed by atoms with Crippen molar-refractivity contribution in [3.63, 3.8) is 0 Å². The molecule has 0 radical (unpaired) electrons. The monoisotopic (exact) mass is 290 g/mol. The van der Waals surface area contributed by atoms with Crippen LogP contribution >= 0.6 is 0 Å². The third kappa shape index (κ3) is 7.31. The molecule has 1 aromatic rings. The van der Waals surface area contributed by atoms with Gasteiger partial charge in [0.15, 0.2) is 0 Å². The molecule has 0 saturated heterocycles. The van der Waals surface area contributed by atoms with Crippen LogP contribution in [0.15, 0.2) is 18.2 Å². The maximum absolute atomic E-state index is 11.3. The topological polar surface area (TPSA) is 37.3 Å². The van der Waals surface area contributed by atoms with Crippen molar-refractivity contribution < 1.29 is 9.90 Å². The van der Waals surface area contributed by atoms with Crippen molar-refractivity contribution in [1.29, 1.82) is 0 Å². The molecule has 0 heterocycles. The summed E-state index contributed by atoms with van der Waals surface area (Å²) in [5.41, 5.74) is 2.83. The largest absolute Gasteiger partial charge is 0.478 e. The number of hydrogen-bond acceptors (Lipinski definition) is 1. The molecule has 1 N–H and O–H groups in total. The van der Waals surface area contributed by atoms with E-state index in [0.717, 1.165) is 25.7 Å². The highest BCUT2D eigenvalue weighted by molar-refractivity contribution is 5.88. The van der Waals surface area contributed by atoms with Crippen molar-refractivity contribution in [3.8, 4) is 0 Å². The standard InChI is InChI=1S/C19H30O2/c1-3-5-7-9-11-16-13-17(12-10-8-6-4-2)15-18(14-16)19(20)21/h13-15H,3-12H2,1-2H3,(H,20,21). The van der Waals surface area contributed by atoms with Crippen molar-refractivity contribution in [2.24, 2.45) is 0 Å². The molecular formula is C19H30O2. The number of hydrogen-bond donors (Lipinski definition) is 1. The van der Waals surface area contributed by atoms with Crippen molar-refractivity contribution in [2.75, 3.05) is 0 Å². The van der Waals surface area contributed by atoms with Gasteiger partial charge in [-0.2, -0.15) is 0 Å². The molecule has 0 aliphatic carbocycles. The molecule has 2 heteroatoms. The maximum Gasteiger partial charge on any atom is 0.335 e. The number of benzene rings is 1. The van der Waals surface area contributed by atoms with Gasteiger partial charge in [0.2, 0.25) is 0 Å². The first-order chi connectivity index (χ1) is 10.2. The van der Waals surface area contributed by atoms with Gasteiger partial charge in [-0.3, -0.25) is 0 Å². The summed E-state index contributed by atoms with van der Waals surface area (Å²) in [6.07, 6.45) is 11.8. The lowest BCUT2D eigenvalue weighted by molar-refractivity contribution is 0.0696. The molecule has 0 aliphatic rings. The first-order valence-electron chi connectivity index (χ1n) is 8.53. The third-order valence-electron chi connectivity index (χ3n) is 3.94. The Kier molecular flexibility index (Phi) is 8.80. The average Bonchev–Trinajstić information content (AvgIpc) is 2.48. The highest BCUT2D eigenvalue weighted by Crippen LogP contribution is 2.16. The van der Waals surface area contributed by atoms with E-state index in [1.54, 1.807) is 0 Å². The Morgan fingerprint density at radius 3 is 1.67 bits per heavy atom. The predicted octanol–water partition coefficient (Wildman–Crippen LogP) is 5.63. The van der Waals surface area contributed by atoms with Gasteiger partial charge in [-0.1, -0.05) is 58.4 Å². The minimum Gasteiger partial charge on any atom is -0.478 e. The van der Waals surface area contributed by atoms with Gasteiger partial charge in [-0.05, 0) is 48.9 Å². The zero-order valence-electron chi connectivity index (χ0n) is 13.7. The molecule has 2 nitrogen and oxygen atoms in total. The summed E-state index contributed by atoms with van der Waals surface area (Å²) in [5, 5.41) is 9.25. The Balaban J connectivity index is 2.63. The molecule has 0 bridgehead atoms. The van der Waals surface area contributed by atoms with Crippen LogP contribution in [0.4, 0.5) is 0 Å². The minimum atomic E-state index is -0.805. The van der Waals surface area contributed by atoms with Crippen LogP contribution in [0.5, 0.6) is 0 Å². The summed E-state index contributed by atoms with van der Waals surface area (Å²) in [7, 11) is 0. The molecule has 21 heavy (non-hydrogen) atoms. The molecule has 0 saturated carbocycles.